The predicted octanol–water partition coefficient (Wildman–Crippen LogP) is 0.323. The van der Waals surface area contributed by atoms with E-state index in [1.165, 1.54) is 35.1 Å². The third kappa shape index (κ3) is 3.38. The molecule has 2 aromatic rings. The number of carbonyl (C=O) groups excluding carboxylic acids is 1. The normalized spacial score (nSPS) is 26.6. The van der Waals surface area contributed by atoms with Crippen molar-refractivity contribution in [3.63, 3.8) is 0 Å². The van der Waals surface area contributed by atoms with Gasteiger partial charge in [0.25, 0.3) is 0 Å². The van der Waals surface area contributed by atoms with E-state index in [2.05, 4.69) is 20.3 Å². The molecule has 134 valence electrons. The highest BCUT2D eigenvalue weighted by Crippen LogP contribution is 2.33. The predicted molar refractivity (Wildman–Crippen MR) is 93.1 cm³/mol. The molecule has 1 amide bonds. The molecule has 0 unspecified atom stereocenters. The first-order valence-electron chi connectivity index (χ1n) is 7.68. The van der Waals surface area contributed by atoms with Crippen LogP contribution in [0.15, 0.2) is 24.8 Å². The summed E-state index contributed by atoms with van der Waals surface area (Å²) in [5.74, 6) is 0.492. The molecule has 1 aliphatic heterocycles. The first-order valence-corrected chi connectivity index (χ1v) is 9.08. The number of imidazole rings is 1. The minimum atomic E-state index is -1.11. The summed E-state index contributed by atoms with van der Waals surface area (Å²) in [4.78, 5) is 24.2. The van der Waals surface area contributed by atoms with Gasteiger partial charge in [0.2, 0.25) is 5.91 Å². The van der Waals surface area contributed by atoms with Crippen LogP contribution >= 0.6 is 11.8 Å². The molecule has 3 heterocycles. The number of fused-ring (bicyclic) bond motifs is 1. The molecule has 0 radical (unpaired) electrons. The molecule has 1 fully saturated rings. The van der Waals surface area contributed by atoms with Crippen LogP contribution in [0.2, 0.25) is 0 Å². The Bertz CT molecular complexity index is 795. The molecule has 25 heavy (non-hydrogen) atoms. The maximum atomic E-state index is 11.7. The van der Waals surface area contributed by atoms with Crippen LogP contribution in [0.5, 0.6) is 0 Å². The fraction of sp³-hybridized carbons (Fsp3) is 0.467. The Kier molecular flexibility index (Phi) is 5.33. The molecule has 1 aliphatic rings. The summed E-state index contributed by atoms with van der Waals surface area (Å²) in [6.07, 6.45) is 4.23. The van der Waals surface area contributed by atoms with Crippen LogP contribution in [0.1, 0.15) is 13.2 Å². The number of nitrogens with one attached hydrogen (secondary N) is 1. The van der Waals surface area contributed by atoms with Crippen molar-refractivity contribution in [2.75, 3.05) is 17.3 Å². The van der Waals surface area contributed by atoms with Crippen molar-refractivity contribution in [1.82, 2.24) is 19.5 Å². The molecule has 3 rings (SSSR count). The van der Waals surface area contributed by atoms with E-state index in [4.69, 9.17) is 4.74 Å². The van der Waals surface area contributed by atoms with Gasteiger partial charge < -0.3 is 20.3 Å². The Morgan fingerprint density at radius 2 is 2.20 bits per heavy atom. The molecule has 9 nitrogen and oxygen atoms in total. The van der Waals surface area contributed by atoms with Crippen molar-refractivity contribution in [3.8, 4) is 0 Å². The first-order chi connectivity index (χ1) is 12.1. The summed E-state index contributed by atoms with van der Waals surface area (Å²) in [6, 6.07) is 0. The minimum absolute atomic E-state index is 0.264. The highest BCUT2D eigenvalue weighted by molar-refractivity contribution is 7.98. The highest BCUT2D eigenvalue weighted by atomic mass is 32.2. The molecule has 4 atom stereocenters. The second-order valence-electron chi connectivity index (χ2n) is 5.54. The van der Waals surface area contributed by atoms with Gasteiger partial charge in [0.05, 0.1) is 12.4 Å². The molecule has 2 aromatic heterocycles. The monoisotopic (exact) mass is 365 g/mol. The van der Waals surface area contributed by atoms with Gasteiger partial charge in [0, 0.05) is 5.75 Å². The van der Waals surface area contributed by atoms with Gasteiger partial charge >= 0.3 is 0 Å². The first kappa shape index (κ1) is 17.8. The molecule has 0 bridgehead atoms. The van der Waals surface area contributed by atoms with Gasteiger partial charge in [-0.2, -0.15) is 11.8 Å². The third-order valence-corrected chi connectivity index (χ3v) is 4.52. The number of hydrogen-bond acceptors (Lipinski definition) is 8. The lowest BCUT2D eigenvalue weighted by atomic mass is 10.1. The Balaban J connectivity index is 1.92. The zero-order chi connectivity index (χ0) is 18.0. The van der Waals surface area contributed by atoms with Gasteiger partial charge in [-0.1, -0.05) is 6.08 Å². The van der Waals surface area contributed by atoms with Gasteiger partial charge in [-0.25, -0.2) is 15.0 Å². The van der Waals surface area contributed by atoms with E-state index in [9.17, 15) is 15.0 Å². The van der Waals surface area contributed by atoms with E-state index in [-0.39, 0.29) is 11.7 Å². The number of anilines is 1. The maximum Gasteiger partial charge on any atom is 0.249 e. The van der Waals surface area contributed by atoms with E-state index in [1.807, 2.05) is 6.26 Å². The molecular weight excluding hydrogens is 346 g/mol. The average molecular weight is 365 g/mol. The number of aromatic nitrogens is 4. The largest absolute Gasteiger partial charge is 0.387 e. The van der Waals surface area contributed by atoms with Crippen LogP contribution < -0.4 is 5.32 Å². The Morgan fingerprint density at radius 3 is 2.92 bits per heavy atom. The number of nitrogens with zero attached hydrogens (tertiary/aromatic N) is 4. The zero-order valence-electron chi connectivity index (χ0n) is 13.7. The zero-order valence-corrected chi connectivity index (χ0v) is 14.6. The van der Waals surface area contributed by atoms with Crippen molar-refractivity contribution in [2.24, 2.45) is 0 Å². The van der Waals surface area contributed by atoms with Crippen LogP contribution in [0.4, 0.5) is 5.82 Å². The van der Waals surface area contributed by atoms with Crippen LogP contribution in [0, 0.1) is 0 Å². The van der Waals surface area contributed by atoms with Gasteiger partial charge in [-0.05, 0) is 19.3 Å². The van der Waals surface area contributed by atoms with Crippen molar-refractivity contribution in [2.45, 2.75) is 31.5 Å². The number of allylic oxidation sites excluding steroid dienone is 1. The molecule has 0 saturated carbocycles. The second-order valence-corrected chi connectivity index (χ2v) is 6.45. The lowest BCUT2D eigenvalue weighted by Gasteiger charge is -2.16. The molecular formula is C15H19N5O4S. The molecule has 0 aliphatic carbocycles. The Hall–Kier alpha value is -2.01. The van der Waals surface area contributed by atoms with E-state index in [0.29, 0.717) is 16.9 Å². The van der Waals surface area contributed by atoms with Crippen LogP contribution in [-0.2, 0) is 9.53 Å². The number of aliphatic hydroxyl groups is 2. The molecule has 1 saturated heterocycles. The fourth-order valence-corrected chi connectivity index (χ4v) is 3.30. The lowest BCUT2D eigenvalue weighted by molar-refractivity contribution is -0.111. The number of amides is 1. The summed E-state index contributed by atoms with van der Waals surface area (Å²) in [7, 11) is 0. The smallest absolute Gasteiger partial charge is 0.249 e. The van der Waals surface area contributed by atoms with Crippen molar-refractivity contribution in [1.29, 1.82) is 0 Å². The molecule has 0 aromatic carbocycles. The van der Waals surface area contributed by atoms with E-state index in [0.717, 1.165) is 0 Å². The van der Waals surface area contributed by atoms with Gasteiger partial charge in [-0.3, -0.25) is 9.36 Å². The highest BCUT2D eigenvalue weighted by Gasteiger charge is 2.44. The number of ether oxygens (including phenoxy) is 1. The quantitative estimate of drug-likeness (QED) is 0.648. The lowest BCUT2D eigenvalue weighted by Crippen LogP contribution is -2.32. The summed E-state index contributed by atoms with van der Waals surface area (Å²) in [5.41, 5.74) is 0.769. The summed E-state index contributed by atoms with van der Waals surface area (Å²) >= 11 is 1.52. The SMILES string of the molecule is C/C=C/C(=O)Nc1ncnc2c1ncn2[C@@H]1O[C@H](CSC)[C@@H](O)[C@H]1O. The Morgan fingerprint density at radius 1 is 1.40 bits per heavy atom. The second kappa shape index (κ2) is 7.48. The van der Waals surface area contributed by atoms with Crippen LogP contribution in [0.3, 0.4) is 0 Å². The van der Waals surface area contributed by atoms with Crippen molar-refractivity contribution >= 4 is 34.7 Å². The fourth-order valence-electron chi connectivity index (χ4n) is 2.70. The summed E-state index contributed by atoms with van der Waals surface area (Å²) < 4.78 is 7.32. The van der Waals surface area contributed by atoms with Gasteiger partial charge in [-0.15, -0.1) is 0 Å². The molecule has 0 spiro atoms. The van der Waals surface area contributed by atoms with Crippen LogP contribution in [-0.4, -0.2) is 66.0 Å². The Labute approximate surface area is 148 Å². The van der Waals surface area contributed by atoms with Crippen molar-refractivity contribution < 1.29 is 19.7 Å². The minimum Gasteiger partial charge on any atom is -0.387 e. The number of aliphatic hydroxyl groups excluding tert-OH is 2. The van der Waals surface area contributed by atoms with Gasteiger partial charge in [0.1, 0.15) is 18.5 Å². The number of carbonyl (C=O) groups is 1. The van der Waals surface area contributed by atoms with E-state index >= 15 is 0 Å². The summed E-state index contributed by atoms with van der Waals surface area (Å²) in [5, 5.41) is 23.1. The summed E-state index contributed by atoms with van der Waals surface area (Å²) in [6.45, 7) is 1.74. The molecule has 3 N–H and O–H groups in total. The van der Waals surface area contributed by atoms with Gasteiger partial charge in [0.15, 0.2) is 23.2 Å². The van der Waals surface area contributed by atoms with Crippen LogP contribution in [0.25, 0.3) is 11.2 Å². The topological polar surface area (TPSA) is 122 Å². The molecule has 10 heteroatoms. The number of hydrogen-bond donors (Lipinski definition) is 3. The standard InChI is InChI=1S/C15H19N5O4S/c1-3-4-9(21)19-13-10-14(17-6-16-13)20(7-18-10)15-12(23)11(22)8(24-15)5-25-2/h3-4,6-8,11-12,15,22-23H,5H2,1-2H3,(H,16,17,19,21)/b4-3+/t8-,11-,12-,15-/m1/s1. The maximum absolute atomic E-state index is 11.7. The van der Waals surface area contributed by atoms with E-state index < -0.39 is 24.5 Å². The van der Waals surface area contributed by atoms with Crippen molar-refractivity contribution in [3.05, 3.63) is 24.8 Å². The third-order valence-electron chi connectivity index (χ3n) is 3.86. The number of thioether (sulfide) groups is 1. The number of rotatable bonds is 5. The van der Waals surface area contributed by atoms with E-state index in [1.54, 1.807) is 13.0 Å². The average Bonchev–Trinajstić information content (AvgIpc) is 3.13.